The summed E-state index contributed by atoms with van der Waals surface area (Å²) in [5.74, 6) is 4.05. The Labute approximate surface area is 796 Å². The monoisotopic (exact) mass is 1780 g/mol. The Balaban J connectivity index is 0.000000108. The molecule has 6 heterocycles. The smallest absolute Gasteiger partial charge is 0.227 e. The third-order valence-electron chi connectivity index (χ3n) is 26.4. The van der Waals surface area contributed by atoms with Gasteiger partial charge >= 0.3 is 0 Å². The molecule has 0 amide bonds. The lowest BCUT2D eigenvalue weighted by Crippen LogP contribution is -1.96. The zero-order valence-corrected chi connectivity index (χ0v) is 74.7. The van der Waals surface area contributed by atoms with Gasteiger partial charge in [-0.2, -0.15) is 0 Å². The molecule has 0 radical (unpaired) electrons. The van der Waals surface area contributed by atoms with E-state index in [0.29, 0.717) is 23.5 Å². The topological polar surface area (TPSA) is 155 Å². The molecule has 12 heteroatoms. The zero-order valence-electron chi connectivity index (χ0n) is 74.7. The molecule has 0 spiro atoms. The summed E-state index contributed by atoms with van der Waals surface area (Å²) in [6.45, 7) is 0. The SMILES string of the molecule is c1ccc(-c2nc(-c3ccc4ccccc4c3)c3ccc(-c4ccc5c(ccc6ccc7nc(-c8ccccc8)oc7c65)c4)cc3n2)cc1.c1ccc(-c2nc(-c3ccccc3)c3cc(-c4ccc5c(ccc6ccc7nc(-c8ccccc8)oc7c65)c4)ccc3n2)cc1.c1ccc(-c2nc(-c3ccccc3)c3cc(-c4ccc5ccc6ccc7nc(-c8ccccc8)oc7c6c5c4)ccc3n2)cc1. The summed E-state index contributed by atoms with van der Waals surface area (Å²) >= 11 is 0. The highest BCUT2D eigenvalue weighted by Gasteiger charge is 2.23. The van der Waals surface area contributed by atoms with Crippen molar-refractivity contribution >= 4 is 141 Å². The van der Waals surface area contributed by atoms with Crippen LogP contribution in [0.3, 0.4) is 0 Å². The second kappa shape index (κ2) is 34.3. The van der Waals surface area contributed by atoms with Gasteiger partial charge in [0, 0.05) is 82.4 Å². The van der Waals surface area contributed by atoms with Crippen molar-refractivity contribution in [3.05, 3.63) is 467 Å². The fourth-order valence-electron chi connectivity index (χ4n) is 19.5. The highest BCUT2D eigenvalue weighted by atomic mass is 16.4. The maximum atomic E-state index is 6.46. The minimum atomic E-state index is 0.629. The van der Waals surface area contributed by atoms with Crippen LogP contribution in [0.15, 0.2) is 480 Å². The van der Waals surface area contributed by atoms with Gasteiger partial charge in [-0.3, -0.25) is 0 Å². The summed E-state index contributed by atoms with van der Waals surface area (Å²) in [5.41, 5.74) is 26.3. The molecule has 0 aliphatic carbocycles. The number of benzene rings is 22. The minimum Gasteiger partial charge on any atom is -0.435 e. The lowest BCUT2D eigenvalue weighted by Gasteiger charge is -2.12. The Morgan fingerprint density at radius 1 is 0.129 bits per heavy atom. The standard InChI is InChI=1S/C45H27N3O.2C41H25N3O/c1-3-10-30(11-4-1)44-46-40-27-34(20-23-38(40)42(48-44)36-18-15-28-9-7-8-14-32(28)26-36)33-19-22-37-35(25-33)17-16-29-21-24-39-43(41(29)37)49-45(47-39)31-12-5-2-6-13-31;1-4-10-28(11-5-1)38-34-25-32(21-22-35(34)42-40(44-38)29-12-6-2-7-13-29)31-19-17-26-16-18-27-20-23-36-39(37(27)33(26)24-31)45-41(43-36)30-14-8-3-9-15-30;1-4-10-27(11-5-1)38-34-25-31(20-22-35(34)42-40(44-38)28-12-6-2-7-13-28)30-18-21-33-32(24-30)17-16-26-19-23-36-39(37(26)33)45-41(43-36)29-14-8-3-9-15-29/h1-27H;2*1-25H. The molecule has 28 rings (SSSR count). The number of rotatable bonds is 12. The first kappa shape index (κ1) is 80.9. The molecule has 0 unspecified atom stereocenters. The van der Waals surface area contributed by atoms with Crippen molar-refractivity contribution in [2.45, 2.75) is 0 Å². The van der Waals surface area contributed by atoms with Gasteiger partial charge in [-0.15, -0.1) is 0 Å². The molecule has 0 bridgehead atoms. The molecule has 0 aliphatic rings. The van der Waals surface area contributed by atoms with Crippen molar-refractivity contribution in [1.29, 1.82) is 0 Å². The van der Waals surface area contributed by atoms with Gasteiger partial charge < -0.3 is 13.3 Å². The van der Waals surface area contributed by atoms with Gasteiger partial charge in [-0.05, 0) is 208 Å². The van der Waals surface area contributed by atoms with E-state index in [4.69, 9.17) is 58.1 Å². The van der Waals surface area contributed by atoms with Crippen molar-refractivity contribution in [2.75, 3.05) is 0 Å². The number of oxazole rings is 3. The van der Waals surface area contributed by atoms with Crippen molar-refractivity contribution in [1.82, 2.24) is 44.9 Å². The molecule has 12 nitrogen and oxygen atoms in total. The van der Waals surface area contributed by atoms with Crippen molar-refractivity contribution in [2.24, 2.45) is 0 Å². The van der Waals surface area contributed by atoms with Crippen LogP contribution in [0.4, 0.5) is 0 Å². The van der Waals surface area contributed by atoms with E-state index in [1.54, 1.807) is 0 Å². The van der Waals surface area contributed by atoms with Gasteiger partial charge in [0.15, 0.2) is 34.2 Å². The van der Waals surface area contributed by atoms with Gasteiger partial charge in [-0.1, -0.05) is 352 Å². The number of hydrogen-bond acceptors (Lipinski definition) is 12. The van der Waals surface area contributed by atoms with E-state index in [1.807, 2.05) is 176 Å². The molecule has 22 aromatic carbocycles. The molecule has 648 valence electrons. The minimum absolute atomic E-state index is 0.629. The van der Waals surface area contributed by atoms with E-state index in [-0.39, 0.29) is 0 Å². The Kier molecular flexibility index (Phi) is 20.0. The molecule has 0 aliphatic heterocycles. The van der Waals surface area contributed by atoms with Crippen LogP contribution in [-0.2, 0) is 0 Å². The van der Waals surface area contributed by atoms with Crippen LogP contribution in [0.5, 0.6) is 0 Å². The zero-order chi connectivity index (χ0) is 91.8. The summed E-state index contributed by atoms with van der Waals surface area (Å²) in [4.78, 5) is 44.9. The summed E-state index contributed by atoms with van der Waals surface area (Å²) < 4.78 is 19.3. The first-order chi connectivity index (χ1) is 68.8. The van der Waals surface area contributed by atoms with Crippen LogP contribution >= 0.6 is 0 Å². The third-order valence-corrected chi connectivity index (χ3v) is 26.4. The van der Waals surface area contributed by atoms with E-state index in [1.165, 1.54) is 10.8 Å². The second-order valence-corrected chi connectivity index (χ2v) is 35.0. The molecule has 28 aromatic rings. The first-order valence-corrected chi connectivity index (χ1v) is 46.5. The fraction of sp³-hybridized carbons (Fsp3) is 0. The summed E-state index contributed by atoms with van der Waals surface area (Å²) in [6.07, 6.45) is 0. The van der Waals surface area contributed by atoms with Gasteiger partial charge in [0.2, 0.25) is 17.7 Å². The highest BCUT2D eigenvalue weighted by Crippen LogP contribution is 2.45. The normalized spacial score (nSPS) is 11.6. The van der Waals surface area contributed by atoms with Crippen LogP contribution in [0.2, 0.25) is 0 Å². The first-order valence-electron chi connectivity index (χ1n) is 46.5. The van der Waals surface area contributed by atoms with Crippen molar-refractivity contribution in [3.8, 4) is 136 Å². The van der Waals surface area contributed by atoms with Gasteiger partial charge in [0.1, 0.15) is 16.6 Å². The summed E-state index contributed by atoms with van der Waals surface area (Å²) in [7, 11) is 0. The maximum Gasteiger partial charge on any atom is 0.227 e. The average molecular weight is 1780 g/mol. The average Bonchev–Trinajstić information content (AvgIpc) is 1.69. The third kappa shape index (κ3) is 15.1. The van der Waals surface area contributed by atoms with E-state index in [0.717, 1.165) is 243 Å². The maximum absolute atomic E-state index is 6.46. The Bertz CT molecular complexity index is 9690. The Morgan fingerprint density at radius 3 is 0.813 bits per heavy atom. The number of fused-ring (bicyclic) bond motifs is 19. The van der Waals surface area contributed by atoms with E-state index >= 15 is 0 Å². The van der Waals surface area contributed by atoms with Gasteiger partial charge in [0.25, 0.3) is 0 Å². The number of nitrogens with zero attached hydrogens (tertiary/aromatic N) is 9. The van der Waals surface area contributed by atoms with E-state index in [9.17, 15) is 0 Å². The Hall–Kier alpha value is -18.9. The molecule has 6 aromatic heterocycles. The van der Waals surface area contributed by atoms with Crippen LogP contribution in [0, 0.1) is 0 Å². The van der Waals surface area contributed by atoms with E-state index in [2.05, 4.69) is 291 Å². The Morgan fingerprint density at radius 2 is 0.396 bits per heavy atom. The summed E-state index contributed by atoms with van der Waals surface area (Å²) in [6, 6.07) is 161. The fourth-order valence-corrected chi connectivity index (χ4v) is 19.5. The predicted octanol–water partition coefficient (Wildman–Crippen LogP) is 33.4. The molecule has 0 fully saturated rings. The largest absolute Gasteiger partial charge is 0.435 e. The quantitative estimate of drug-likeness (QED) is 0.107. The summed E-state index contributed by atoms with van der Waals surface area (Å²) in [5, 5.41) is 18.9. The van der Waals surface area contributed by atoms with Crippen LogP contribution in [-0.4, -0.2) is 44.9 Å². The lowest BCUT2D eigenvalue weighted by molar-refractivity contribution is 0.623. The van der Waals surface area contributed by atoms with E-state index < -0.39 is 0 Å². The number of aromatic nitrogens is 9. The number of hydrogen-bond donors (Lipinski definition) is 0. The van der Waals surface area contributed by atoms with Crippen LogP contribution < -0.4 is 0 Å². The van der Waals surface area contributed by atoms with Crippen LogP contribution in [0.25, 0.3) is 277 Å². The molecule has 0 N–H and O–H groups in total. The lowest BCUT2D eigenvalue weighted by atomic mass is 9.95. The second-order valence-electron chi connectivity index (χ2n) is 35.0. The van der Waals surface area contributed by atoms with Gasteiger partial charge in [0.05, 0.1) is 33.6 Å². The van der Waals surface area contributed by atoms with Crippen molar-refractivity contribution in [3.63, 3.8) is 0 Å². The molecular formula is C127H77N9O3. The van der Waals surface area contributed by atoms with Gasteiger partial charge in [-0.25, -0.2) is 44.9 Å². The molecule has 0 saturated heterocycles. The molecule has 139 heavy (non-hydrogen) atoms. The molecular weight excluding hydrogens is 1700 g/mol. The highest BCUT2D eigenvalue weighted by molar-refractivity contribution is 6.22. The van der Waals surface area contributed by atoms with Crippen LogP contribution in [0.1, 0.15) is 0 Å². The predicted molar refractivity (Wildman–Crippen MR) is 569 cm³/mol. The molecule has 0 saturated carbocycles. The molecule has 0 atom stereocenters. The van der Waals surface area contributed by atoms with Crippen molar-refractivity contribution < 1.29 is 13.3 Å².